The van der Waals surface area contributed by atoms with Gasteiger partial charge in [-0.15, -0.1) is 0 Å². The number of carbonyl (C=O) groups excluding carboxylic acids is 1. The van der Waals surface area contributed by atoms with Gasteiger partial charge in [0.25, 0.3) is 0 Å². The minimum absolute atomic E-state index is 0.00233. The lowest BCUT2D eigenvalue weighted by molar-refractivity contribution is -0.136. The van der Waals surface area contributed by atoms with Crippen molar-refractivity contribution in [1.29, 1.82) is 0 Å². The van der Waals surface area contributed by atoms with Crippen molar-refractivity contribution >= 4 is 11.4 Å². The van der Waals surface area contributed by atoms with Crippen LogP contribution in [0.4, 0.5) is 13.2 Å². The molecule has 1 aliphatic carbocycles. The number of nitrogens with one attached hydrogen (secondary N) is 2. The fourth-order valence-electron chi connectivity index (χ4n) is 3.98. The summed E-state index contributed by atoms with van der Waals surface area (Å²) in [4.78, 5) is 16.7. The first-order valence-electron chi connectivity index (χ1n) is 8.26. The fraction of sp³-hybridized carbons (Fsp3) is 0.529. The van der Waals surface area contributed by atoms with Gasteiger partial charge in [-0.25, -0.2) is 4.98 Å². The molecule has 1 saturated heterocycles. The van der Waals surface area contributed by atoms with Crippen LogP contribution in [0, 0.1) is 17.8 Å². The summed E-state index contributed by atoms with van der Waals surface area (Å²) in [5.74, 6) is 1.09. The number of hydrogen-bond acceptors (Lipinski definition) is 3. The molecular formula is C17H19F3N4O. The number of amides is 1. The Hall–Kier alpha value is -2.09. The number of piperidine rings is 1. The molecule has 0 spiro atoms. The second kappa shape index (κ2) is 5.20. The lowest BCUT2D eigenvalue weighted by Gasteiger charge is -2.26. The van der Waals surface area contributed by atoms with E-state index in [4.69, 9.17) is 0 Å². The van der Waals surface area contributed by atoms with Crippen LogP contribution in [-0.2, 0) is 16.5 Å². The molecule has 5 nitrogen and oxygen atoms in total. The summed E-state index contributed by atoms with van der Waals surface area (Å²) in [6.07, 6.45) is -1.70. The van der Waals surface area contributed by atoms with Crippen LogP contribution in [0.5, 0.6) is 0 Å². The van der Waals surface area contributed by atoms with Crippen LogP contribution in [0.25, 0.3) is 5.52 Å². The van der Waals surface area contributed by atoms with Gasteiger partial charge in [0.1, 0.15) is 5.82 Å². The van der Waals surface area contributed by atoms with E-state index in [1.807, 2.05) is 0 Å². The van der Waals surface area contributed by atoms with Crippen molar-refractivity contribution in [1.82, 2.24) is 20.0 Å². The molecule has 134 valence electrons. The highest BCUT2D eigenvalue weighted by molar-refractivity contribution is 5.83. The van der Waals surface area contributed by atoms with Crippen molar-refractivity contribution in [3.05, 3.63) is 35.9 Å². The van der Waals surface area contributed by atoms with E-state index in [-0.39, 0.29) is 17.3 Å². The maximum Gasteiger partial charge on any atom is 0.418 e. The van der Waals surface area contributed by atoms with Crippen LogP contribution in [0.2, 0.25) is 0 Å². The molecule has 2 aliphatic rings. The quantitative estimate of drug-likeness (QED) is 0.890. The molecule has 1 amide bonds. The number of aromatic nitrogens is 2. The summed E-state index contributed by atoms with van der Waals surface area (Å²) in [6.45, 7) is 5.22. The number of halogens is 3. The summed E-state index contributed by atoms with van der Waals surface area (Å²) >= 11 is 0. The van der Waals surface area contributed by atoms with Gasteiger partial charge >= 0.3 is 6.18 Å². The Balaban J connectivity index is 1.63. The van der Waals surface area contributed by atoms with Gasteiger partial charge in [0, 0.05) is 12.1 Å². The van der Waals surface area contributed by atoms with Crippen LogP contribution in [0.1, 0.15) is 25.2 Å². The number of hydrogen-bond donors (Lipinski definition) is 2. The number of fused-ring (bicyclic) bond motifs is 2. The molecule has 2 N–H and O–H groups in total. The molecule has 8 heteroatoms. The molecule has 4 rings (SSSR count). The van der Waals surface area contributed by atoms with Gasteiger partial charge in [-0.1, -0.05) is 0 Å². The number of imidazole rings is 1. The standard InChI is InChI=1S/C17H19F3N4O/c1-16(2,23-14(25)13-9-6-21-7-10(9)13)15-22-8-12-11(17(18,19)20)4-3-5-24(12)15/h3-5,8-10,13,21H,6-7H2,1-2H3,(H,23,25). The third-order valence-electron chi connectivity index (χ3n) is 5.27. The zero-order chi connectivity index (χ0) is 18.0. The summed E-state index contributed by atoms with van der Waals surface area (Å²) in [5, 5.41) is 6.21. The third-order valence-corrected chi connectivity index (χ3v) is 5.27. The normalized spacial score (nSPS) is 25.9. The van der Waals surface area contributed by atoms with Gasteiger partial charge in [-0.3, -0.25) is 4.79 Å². The van der Waals surface area contributed by atoms with E-state index >= 15 is 0 Å². The molecule has 1 saturated carbocycles. The molecule has 2 unspecified atom stereocenters. The number of pyridine rings is 1. The molecule has 2 aromatic rings. The average Bonchev–Trinajstić information content (AvgIpc) is 2.89. The van der Waals surface area contributed by atoms with E-state index in [2.05, 4.69) is 15.6 Å². The summed E-state index contributed by atoms with van der Waals surface area (Å²) in [5.41, 5.74) is -1.63. The van der Waals surface area contributed by atoms with E-state index in [1.165, 1.54) is 22.9 Å². The summed E-state index contributed by atoms with van der Waals surface area (Å²) in [6, 6.07) is 2.38. The maximum atomic E-state index is 13.2. The van der Waals surface area contributed by atoms with Gasteiger partial charge in [0.2, 0.25) is 5.91 Å². The molecular weight excluding hydrogens is 333 g/mol. The van der Waals surface area contributed by atoms with E-state index in [1.54, 1.807) is 13.8 Å². The highest BCUT2D eigenvalue weighted by Gasteiger charge is 2.57. The van der Waals surface area contributed by atoms with Gasteiger partial charge in [0.05, 0.1) is 22.8 Å². The number of nitrogens with zero attached hydrogens (tertiary/aromatic N) is 2. The Morgan fingerprint density at radius 3 is 2.64 bits per heavy atom. The second-order valence-electron chi connectivity index (χ2n) is 7.38. The number of alkyl halides is 3. The van der Waals surface area contributed by atoms with Crippen LogP contribution in [0.15, 0.2) is 24.5 Å². The van der Waals surface area contributed by atoms with Crippen molar-refractivity contribution in [2.24, 2.45) is 17.8 Å². The Morgan fingerprint density at radius 2 is 2.00 bits per heavy atom. The zero-order valence-corrected chi connectivity index (χ0v) is 13.9. The van der Waals surface area contributed by atoms with E-state index in [9.17, 15) is 18.0 Å². The van der Waals surface area contributed by atoms with Crippen molar-refractivity contribution in [3.8, 4) is 0 Å². The minimum atomic E-state index is -4.45. The van der Waals surface area contributed by atoms with Crippen LogP contribution < -0.4 is 10.6 Å². The Bertz CT molecular complexity index is 832. The van der Waals surface area contributed by atoms with E-state index in [0.717, 1.165) is 19.2 Å². The first-order valence-corrected chi connectivity index (χ1v) is 8.26. The average molecular weight is 352 g/mol. The number of rotatable bonds is 3. The Kier molecular flexibility index (Phi) is 3.41. The van der Waals surface area contributed by atoms with Crippen LogP contribution >= 0.6 is 0 Å². The Morgan fingerprint density at radius 1 is 1.32 bits per heavy atom. The van der Waals surface area contributed by atoms with E-state index in [0.29, 0.717) is 17.7 Å². The lowest BCUT2D eigenvalue weighted by atomic mass is 10.0. The smallest absolute Gasteiger partial charge is 0.344 e. The molecule has 25 heavy (non-hydrogen) atoms. The molecule has 0 bridgehead atoms. The van der Waals surface area contributed by atoms with Crippen molar-refractivity contribution in [2.45, 2.75) is 25.6 Å². The molecule has 2 aromatic heterocycles. The maximum absolute atomic E-state index is 13.2. The first kappa shape index (κ1) is 16.4. The lowest BCUT2D eigenvalue weighted by Crippen LogP contribution is -2.44. The van der Waals surface area contributed by atoms with Gasteiger partial charge in [-0.05, 0) is 50.9 Å². The van der Waals surface area contributed by atoms with E-state index < -0.39 is 17.3 Å². The van der Waals surface area contributed by atoms with Gasteiger partial charge < -0.3 is 15.0 Å². The fourth-order valence-corrected chi connectivity index (χ4v) is 3.98. The van der Waals surface area contributed by atoms with Crippen LogP contribution in [-0.4, -0.2) is 28.4 Å². The molecule has 0 aromatic carbocycles. The highest BCUT2D eigenvalue weighted by Crippen LogP contribution is 2.49. The van der Waals surface area contributed by atoms with Crippen molar-refractivity contribution in [3.63, 3.8) is 0 Å². The molecule has 1 aliphatic heterocycles. The second-order valence-corrected chi connectivity index (χ2v) is 7.38. The third kappa shape index (κ3) is 2.59. The first-order chi connectivity index (χ1) is 11.7. The summed E-state index contributed by atoms with van der Waals surface area (Å²) < 4.78 is 40.9. The number of carbonyl (C=O) groups is 1. The molecule has 2 fully saturated rings. The SMILES string of the molecule is CC(C)(NC(=O)C1C2CNCC21)c1ncc2c(C(F)(F)F)cccn12. The highest BCUT2D eigenvalue weighted by atomic mass is 19.4. The predicted molar refractivity (Wildman–Crippen MR) is 84.7 cm³/mol. The Labute approximate surface area is 142 Å². The summed E-state index contributed by atoms with van der Waals surface area (Å²) in [7, 11) is 0. The van der Waals surface area contributed by atoms with Gasteiger partial charge in [-0.2, -0.15) is 13.2 Å². The monoisotopic (exact) mass is 352 g/mol. The molecule has 2 atom stereocenters. The van der Waals surface area contributed by atoms with Crippen molar-refractivity contribution in [2.75, 3.05) is 13.1 Å². The minimum Gasteiger partial charge on any atom is -0.344 e. The zero-order valence-electron chi connectivity index (χ0n) is 13.9. The molecule has 3 heterocycles. The van der Waals surface area contributed by atoms with Crippen LogP contribution in [0.3, 0.4) is 0 Å². The topological polar surface area (TPSA) is 58.4 Å². The van der Waals surface area contributed by atoms with Gasteiger partial charge in [0.15, 0.2) is 0 Å². The largest absolute Gasteiger partial charge is 0.418 e. The molecule has 0 radical (unpaired) electrons. The predicted octanol–water partition coefficient (Wildman–Crippen LogP) is 2.17. The van der Waals surface area contributed by atoms with Crippen molar-refractivity contribution < 1.29 is 18.0 Å².